The lowest BCUT2D eigenvalue weighted by atomic mass is 10.1. The monoisotopic (exact) mass is 382 g/mol. The molecule has 28 heavy (non-hydrogen) atoms. The summed E-state index contributed by atoms with van der Waals surface area (Å²) in [6.07, 6.45) is 1.30. The van der Waals surface area contributed by atoms with Crippen LogP contribution in [0.2, 0.25) is 0 Å². The third-order valence-electron chi connectivity index (χ3n) is 5.17. The lowest BCUT2D eigenvalue weighted by Crippen LogP contribution is -2.27. The van der Waals surface area contributed by atoms with Crippen LogP contribution in [0.3, 0.4) is 0 Å². The van der Waals surface area contributed by atoms with Gasteiger partial charge in [-0.2, -0.15) is 0 Å². The maximum Gasteiger partial charge on any atom is 0.340 e. The number of nitrogens with zero attached hydrogens (tertiary/aromatic N) is 1. The van der Waals surface area contributed by atoms with Crippen LogP contribution in [0.4, 0.5) is 5.69 Å². The van der Waals surface area contributed by atoms with Gasteiger partial charge in [-0.3, -0.25) is 9.59 Å². The predicted molar refractivity (Wildman–Crippen MR) is 102 cm³/mol. The Morgan fingerprint density at radius 3 is 2.71 bits per heavy atom. The first kappa shape index (κ1) is 18.3. The summed E-state index contributed by atoms with van der Waals surface area (Å²) in [5, 5.41) is 2.67. The van der Waals surface area contributed by atoms with Crippen LogP contribution < -0.4 is 10.1 Å². The first-order chi connectivity index (χ1) is 13.3. The highest BCUT2D eigenvalue weighted by Gasteiger charge is 2.30. The van der Waals surface area contributed by atoms with Crippen LogP contribution in [-0.4, -0.2) is 34.9 Å². The van der Waals surface area contributed by atoms with Gasteiger partial charge in [-0.25, -0.2) is 4.79 Å². The fraction of sp³-hybridized carbons (Fsp3) is 0.381. The summed E-state index contributed by atoms with van der Waals surface area (Å²) in [5.41, 5.74) is 3.17. The SMILES string of the molecule is Cc1cc(C(=O)O[C@@H](C)C(=O)c2ccc3c(c2)NC(=O)CO3)c(C)n1C1CC1. The quantitative estimate of drug-likeness (QED) is 0.634. The van der Waals surface area contributed by atoms with Gasteiger partial charge in [-0.05, 0) is 57.9 Å². The number of aromatic nitrogens is 1. The zero-order chi connectivity index (χ0) is 20.0. The van der Waals surface area contributed by atoms with E-state index in [1.807, 2.05) is 19.9 Å². The van der Waals surface area contributed by atoms with Gasteiger partial charge in [0.15, 0.2) is 12.7 Å². The molecule has 1 aromatic carbocycles. The van der Waals surface area contributed by atoms with Crippen molar-refractivity contribution in [3.63, 3.8) is 0 Å². The molecule has 0 spiro atoms. The first-order valence-corrected chi connectivity index (χ1v) is 9.35. The summed E-state index contributed by atoms with van der Waals surface area (Å²) in [6.45, 7) is 5.38. The number of amides is 1. The second-order valence-corrected chi connectivity index (χ2v) is 7.35. The Morgan fingerprint density at radius 1 is 1.25 bits per heavy atom. The summed E-state index contributed by atoms with van der Waals surface area (Å²) in [5.74, 6) is -0.613. The van der Waals surface area contributed by atoms with Crippen molar-refractivity contribution in [2.75, 3.05) is 11.9 Å². The molecular weight excluding hydrogens is 360 g/mol. The van der Waals surface area contributed by atoms with Gasteiger partial charge in [0.1, 0.15) is 5.75 Å². The number of rotatable bonds is 5. The number of esters is 1. The Kier molecular flexibility index (Phi) is 4.45. The molecule has 1 saturated carbocycles. The number of benzene rings is 1. The summed E-state index contributed by atoms with van der Waals surface area (Å²) >= 11 is 0. The van der Waals surface area contributed by atoms with Gasteiger partial charge in [-0.1, -0.05) is 0 Å². The Hall–Kier alpha value is -3.09. The number of ether oxygens (including phenoxy) is 2. The number of anilines is 1. The fourth-order valence-electron chi connectivity index (χ4n) is 3.63. The summed E-state index contributed by atoms with van der Waals surface area (Å²) in [7, 11) is 0. The van der Waals surface area contributed by atoms with E-state index in [1.165, 1.54) is 6.07 Å². The van der Waals surface area contributed by atoms with E-state index in [-0.39, 0.29) is 18.3 Å². The topological polar surface area (TPSA) is 86.6 Å². The normalized spacial score (nSPS) is 16.6. The Balaban J connectivity index is 1.49. The Morgan fingerprint density at radius 2 is 2.00 bits per heavy atom. The van der Waals surface area contributed by atoms with Gasteiger partial charge in [0.25, 0.3) is 5.91 Å². The van der Waals surface area contributed by atoms with Crippen LogP contribution in [0.25, 0.3) is 0 Å². The summed E-state index contributed by atoms with van der Waals surface area (Å²) in [6, 6.07) is 7.05. The van der Waals surface area contributed by atoms with Crippen LogP contribution in [-0.2, 0) is 9.53 Å². The largest absolute Gasteiger partial charge is 0.482 e. The molecule has 0 unspecified atom stereocenters. The van der Waals surface area contributed by atoms with Crippen LogP contribution in [0.15, 0.2) is 24.3 Å². The number of fused-ring (bicyclic) bond motifs is 1. The zero-order valence-electron chi connectivity index (χ0n) is 16.1. The van der Waals surface area contributed by atoms with Crippen molar-refractivity contribution in [1.82, 2.24) is 4.57 Å². The molecule has 1 aliphatic carbocycles. The van der Waals surface area contributed by atoms with E-state index in [0.29, 0.717) is 28.6 Å². The zero-order valence-corrected chi connectivity index (χ0v) is 16.1. The van der Waals surface area contributed by atoms with E-state index in [0.717, 1.165) is 24.2 Å². The van der Waals surface area contributed by atoms with Gasteiger partial charge in [-0.15, -0.1) is 0 Å². The molecule has 1 fully saturated rings. The molecule has 2 aromatic rings. The molecule has 1 amide bonds. The third kappa shape index (κ3) is 3.28. The summed E-state index contributed by atoms with van der Waals surface area (Å²) < 4.78 is 12.9. The molecule has 2 heterocycles. The minimum Gasteiger partial charge on any atom is -0.482 e. The molecule has 7 nitrogen and oxygen atoms in total. The van der Waals surface area contributed by atoms with E-state index in [2.05, 4.69) is 9.88 Å². The fourth-order valence-corrected chi connectivity index (χ4v) is 3.63. The maximum absolute atomic E-state index is 12.7. The van der Waals surface area contributed by atoms with Crippen molar-refractivity contribution in [2.45, 2.75) is 45.8 Å². The number of ketones is 1. The highest BCUT2D eigenvalue weighted by molar-refractivity contribution is 6.04. The molecule has 1 aliphatic heterocycles. The van der Waals surface area contributed by atoms with Gasteiger partial charge in [0.05, 0.1) is 11.3 Å². The summed E-state index contributed by atoms with van der Waals surface area (Å²) in [4.78, 5) is 36.8. The number of carbonyl (C=O) groups is 3. The first-order valence-electron chi connectivity index (χ1n) is 9.35. The lowest BCUT2D eigenvalue weighted by Gasteiger charge is -2.19. The minimum atomic E-state index is -0.949. The van der Waals surface area contributed by atoms with Crippen LogP contribution in [0, 0.1) is 13.8 Å². The van der Waals surface area contributed by atoms with Crippen molar-refractivity contribution in [3.8, 4) is 5.75 Å². The molecule has 146 valence electrons. The van der Waals surface area contributed by atoms with Crippen LogP contribution in [0.5, 0.6) is 5.75 Å². The van der Waals surface area contributed by atoms with E-state index in [9.17, 15) is 14.4 Å². The van der Waals surface area contributed by atoms with Gasteiger partial charge < -0.3 is 19.4 Å². The standard InChI is InChI=1S/C21H22N2O5/c1-11-8-16(12(2)23(11)15-5-6-15)21(26)28-13(3)20(25)14-4-7-18-17(9-14)22-19(24)10-27-18/h4,7-9,13,15H,5-6,10H2,1-3H3,(H,22,24)/t13-/m0/s1. The van der Waals surface area contributed by atoms with Crippen molar-refractivity contribution in [2.24, 2.45) is 0 Å². The molecule has 1 atom stereocenters. The Labute approximate surface area is 162 Å². The second-order valence-electron chi connectivity index (χ2n) is 7.35. The predicted octanol–water partition coefficient (Wildman–Crippen LogP) is 3.20. The number of Topliss-reactive ketones (excluding diaryl/α,β-unsaturated/α-hetero) is 1. The van der Waals surface area contributed by atoms with Crippen molar-refractivity contribution >= 4 is 23.3 Å². The van der Waals surface area contributed by atoms with E-state index in [4.69, 9.17) is 9.47 Å². The lowest BCUT2D eigenvalue weighted by molar-refractivity contribution is -0.118. The molecule has 0 saturated heterocycles. The van der Waals surface area contributed by atoms with E-state index >= 15 is 0 Å². The molecule has 1 N–H and O–H groups in total. The minimum absolute atomic E-state index is 0.0480. The average Bonchev–Trinajstić information content (AvgIpc) is 3.44. The van der Waals surface area contributed by atoms with Crippen molar-refractivity contribution in [3.05, 3.63) is 46.8 Å². The van der Waals surface area contributed by atoms with Crippen LogP contribution >= 0.6 is 0 Å². The molecule has 1 aromatic heterocycles. The number of aryl methyl sites for hydroxylation is 1. The molecule has 4 rings (SSSR count). The Bertz CT molecular complexity index is 987. The van der Waals surface area contributed by atoms with Crippen molar-refractivity contribution in [1.29, 1.82) is 0 Å². The number of nitrogens with one attached hydrogen (secondary N) is 1. The number of hydrogen-bond donors (Lipinski definition) is 1. The van der Waals surface area contributed by atoms with Gasteiger partial charge in [0.2, 0.25) is 5.78 Å². The molecular formula is C21H22N2O5. The van der Waals surface area contributed by atoms with E-state index in [1.54, 1.807) is 19.1 Å². The molecule has 2 aliphatic rings. The van der Waals surface area contributed by atoms with Gasteiger partial charge >= 0.3 is 5.97 Å². The number of carbonyl (C=O) groups excluding carboxylic acids is 3. The molecule has 0 radical (unpaired) electrons. The highest BCUT2D eigenvalue weighted by atomic mass is 16.5. The van der Waals surface area contributed by atoms with Crippen LogP contribution in [0.1, 0.15) is 57.9 Å². The van der Waals surface area contributed by atoms with E-state index < -0.39 is 12.1 Å². The molecule has 7 heteroatoms. The number of hydrogen-bond acceptors (Lipinski definition) is 5. The van der Waals surface area contributed by atoms with Crippen molar-refractivity contribution < 1.29 is 23.9 Å². The van der Waals surface area contributed by atoms with Gasteiger partial charge in [0, 0.05) is 23.0 Å². The second kappa shape index (κ2) is 6.82. The average molecular weight is 382 g/mol. The molecule has 0 bridgehead atoms. The maximum atomic E-state index is 12.7. The smallest absolute Gasteiger partial charge is 0.340 e. The third-order valence-corrected chi connectivity index (χ3v) is 5.17. The highest BCUT2D eigenvalue weighted by Crippen LogP contribution is 2.38.